The molecule has 0 saturated heterocycles. The zero-order chi connectivity index (χ0) is 26.1. The highest BCUT2D eigenvalue weighted by molar-refractivity contribution is 7.21. The molecule has 0 spiro atoms. The molecule has 5 aromatic carbocycles. The fraction of sp³-hybridized carbons (Fsp3) is 0.0938. The van der Waals surface area contributed by atoms with E-state index in [1.54, 1.807) is 23.5 Å². The number of anilines is 1. The highest BCUT2D eigenvalue weighted by Crippen LogP contribution is 2.33. The fourth-order valence-electron chi connectivity index (χ4n) is 4.53. The van der Waals surface area contributed by atoms with E-state index in [9.17, 15) is 4.39 Å². The van der Waals surface area contributed by atoms with Crippen LogP contribution < -0.4 is 10.1 Å². The van der Waals surface area contributed by atoms with Crippen molar-refractivity contribution in [2.45, 2.75) is 20.1 Å². The van der Waals surface area contributed by atoms with Crippen molar-refractivity contribution in [3.05, 3.63) is 125 Å². The first-order valence-electron chi connectivity index (χ1n) is 12.3. The largest absolute Gasteiger partial charge is 0.488 e. The van der Waals surface area contributed by atoms with Crippen molar-refractivity contribution < 1.29 is 9.13 Å². The summed E-state index contributed by atoms with van der Waals surface area (Å²) in [6.45, 7) is 2.69. The second-order valence-corrected chi connectivity index (χ2v) is 10.6. The van der Waals surface area contributed by atoms with Crippen LogP contribution in [0.25, 0.3) is 31.6 Å². The Morgan fingerprint density at radius 3 is 2.58 bits per heavy atom. The number of benzene rings is 5. The lowest BCUT2D eigenvalue weighted by Crippen LogP contribution is -2.06. The Morgan fingerprint density at radius 2 is 1.74 bits per heavy atom. The van der Waals surface area contributed by atoms with Crippen molar-refractivity contribution in [2.24, 2.45) is 0 Å². The molecule has 0 unspecified atom stereocenters. The minimum atomic E-state index is -0.374. The molecule has 1 heterocycles. The van der Waals surface area contributed by atoms with Gasteiger partial charge in [-0.3, -0.25) is 0 Å². The van der Waals surface area contributed by atoms with Crippen molar-refractivity contribution in [1.82, 2.24) is 4.98 Å². The predicted octanol–water partition coefficient (Wildman–Crippen LogP) is 9.41. The first-order chi connectivity index (χ1) is 18.5. The van der Waals surface area contributed by atoms with E-state index < -0.39 is 0 Å². The van der Waals surface area contributed by atoms with Gasteiger partial charge in [-0.2, -0.15) is 0 Å². The van der Waals surface area contributed by atoms with E-state index in [0.717, 1.165) is 38.1 Å². The van der Waals surface area contributed by atoms with Crippen LogP contribution in [0.1, 0.15) is 16.7 Å². The third-order valence-electron chi connectivity index (χ3n) is 6.58. The van der Waals surface area contributed by atoms with Crippen molar-refractivity contribution in [1.29, 1.82) is 0 Å². The molecule has 38 heavy (non-hydrogen) atoms. The highest BCUT2D eigenvalue weighted by atomic mass is 35.5. The van der Waals surface area contributed by atoms with Gasteiger partial charge in [0.2, 0.25) is 0 Å². The number of nitrogens with one attached hydrogen (secondary N) is 1. The molecule has 6 heteroatoms. The normalized spacial score (nSPS) is 11.2. The van der Waals surface area contributed by atoms with Crippen LogP contribution in [-0.2, 0) is 13.2 Å². The summed E-state index contributed by atoms with van der Waals surface area (Å²) in [5.41, 5.74) is 5.69. The number of halogens is 2. The zero-order valence-electron chi connectivity index (χ0n) is 20.7. The number of aromatic nitrogens is 1. The Labute approximate surface area is 229 Å². The van der Waals surface area contributed by atoms with Gasteiger partial charge in [0, 0.05) is 28.9 Å². The number of hydrogen-bond acceptors (Lipinski definition) is 4. The van der Waals surface area contributed by atoms with E-state index >= 15 is 0 Å². The Hall–Kier alpha value is -3.93. The average molecular weight is 539 g/mol. The van der Waals surface area contributed by atoms with Gasteiger partial charge in [-0.15, -0.1) is 11.3 Å². The number of nitrogens with zero attached hydrogens (tertiary/aromatic N) is 1. The van der Waals surface area contributed by atoms with E-state index in [4.69, 9.17) is 21.3 Å². The minimum absolute atomic E-state index is 0.0488. The summed E-state index contributed by atoms with van der Waals surface area (Å²) in [6.07, 6.45) is 0. The van der Waals surface area contributed by atoms with Gasteiger partial charge < -0.3 is 10.1 Å². The summed E-state index contributed by atoms with van der Waals surface area (Å²) in [4.78, 5) is 4.80. The lowest BCUT2D eigenvalue weighted by Gasteiger charge is -2.16. The van der Waals surface area contributed by atoms with Gasteiger partial charge in [-0.1, -0.05) is 54.1 Å². The molecule has 0 bridgehead atoms. The van der Waals surface area contributed by atoms with Crippen LogP contribution in [0.3, 0.4) is 0 Å². The smallest absolute Gasteiger partial charge is 0.131 e. The molecule has 0 aliphatic heterocycles. The molecule has 6 rings (SSSR count). The summed E-state index contributed by atoms with van der Waals surface area (Å²) in [7, 11) is 0. The van der Waals surface area contributed by atoms with Crippen molar-refractivity contribution in [2.75, 3.05) is 5.32 Å². The van der Waals surface area contributed by atoms with Crippen LogP contribution in [0.2, 0.25) is 5.02 Å². The monoisotopic (exact) mass is 538 g/mol. The maximum absolute atomic E-state index is 14.3. The predicted molar refractivity (Wildman–Crippen MR) is 157 cm³/mol. The first-order valence-corrected chi connectivity index (χ1v) is 13.5. The third kappa shape index (κ3) is 4.95. The molecule has 188 valence electrons. The van der Waals surface area contributed by atoms with Gasteiger partial charge in [0.15, 0.2) is 0 Å². The van der Waals surface area contributed by atoms with Gasteiger partial charge >= 0.3 is 0 Å². The molecule has 0 aliphatic rings. The maximum atomic E-state index is 14.3. The molecule has 0 aliphatic carbocycles. The lowest BCUT2D eigenvalue weighted by molar-refractivity contribution is 0.297. The van der Waals surface area contributed by atoms with E-state index in [1.165, 1.54) is 16.3 Å². The molecule has 1 aromatic heterocycles. The molecule has 6 aromatic rings. The molecule has 0 saturated carbocycles. The molecule has 3 nitrogen and oxygen atoms in total. The van der Waals surface area contributed by atoms with Gasteiger partial charge in [-0.05, 0) is 77.9 Å². The topological polar surface area (TPSA) is 34.2 Å². The summed E-state index contributed by atoms with van der Waals surface area (Å²) in [5, 5.41) is 7.09. The standard InChI is InChI=1S/C32H24ClFN2OS/c1-20-9-15-29-31(17-20)38-32(36-29)22-10-13-23(14-11-22)35-18-25-24-6-3-2-5-21(24)12-16-30(25)37-19-26-27(33)7-4-8-28(26)34/h2-17,35H,18-19H2,1H3. The van der Waals surface area contributed by atoms with Crippen molar-refractivity contribution in [3.8, 4) is 16.3 Å². The highest BCUT2D eigenvalue weighted by Gasteiger charge is 2.13. The number of hydrogen-bond donors (Lipinski definition) is 1. The number of aryl methyl sites for hydroxylation is 1. The molecule has 0 amide bonds. The molecule has 1 N–H and O–H groups in total. The van der Waals surface area contributed by atoms with Gasteiger partial charge in [0.25, 0.3) is 0 Å². The third-order valence-corrected chi connectivity index (χ3v) is 8.00. The van der Waals surface area contributed by atoms with Crippen molar-refractivity contribution in [3.63, 3.8) is 0 Å². The second-order valence-electron chi connectivity index (χ2n) is 9.17. The SMILES string of the molecule is Cc1ccc2nc(-c3ccc(NCc4c(OCc5c(F)cccc5Cl)ccc5ccccc45)cc3)sc2c1. The van der Waals surface area contributed by atoms with Gasteiger partial charge in [-0.25, -0.2) is 9.37 Å². The fourth-order valence-corrected chi connectivity index (χ4v) is 5.82. The van der Waals surface area contributed by atoms with Crippen LogP contribution in [0.15, 0.2) is 97.1 Å². The summed E-state index contributed by atoms with van der Waals surface area (Å²) in [6, 6.07) is 31.5. The maximum Gasteiger partial charge on any atom is 0.131 e. The van der Waals surface area contributed by atoms with E-state index in [-0.39, 0.29) is 12.4 Å². The Kier molecular flexibility index (Phi) is 6.71. The average Bonchev–Trinajstić information content (AvgIpc) is 3.35. The van der Waals surface area contributed by atoms with Crippen LogP contribution in [-0.4, -0.2) is 4.98 Å². The van der Waals surface area contributed by atoms with Crippen LogP contribution in [0.5, 0.6) is 5.75 Å². The second kappa shape index (κ2) is 10.4. The Bertz CT molecular complexity index is 1740. The molecular weight excluding hydrogens is 515 g/mol. The molecular formula is C32H24ClFN2OS. The minimum Gasteiger partial charge on any atom is -0.488 e. The number of fused-ring (bicyclic) bond motifs is 2. The van der Waals surface area contributed by atoms with E-state index in [0.29, 0.717) is 22.9 Å². The number of thiazole rings is 1. The Balaban J connectivity index is 1.24. The van der Waals surface area contributed by atoms with E-state index in [1.807, 2.05) is 24.3 Å². The van der Waals surface area contributed by atoms with Crippen LogP contribution in [0, 0.1) is 12.7 Å². The first kappa shape index (κ1) is 24.4. The molecule has 0 fully saturated rings. The Morgan fingerprint density at radius 1 is 0.895 bits per heavy atom. The van der Waals surface area contributed by atoms with E-state index in [2.05, 4.69) is 66.8 Å². The van der Waals surface area contributed by atoms with Crippen molar-refractivity contribution >= 4 is 49.6 Å². The number of rotatable bonds is 7. The molecule has 0 atom stereocenters. The summed E-state index contributed by atoms with van der Waals surface area (Å²) >= 11 is 7.93. The quantitative estimate of drug-likeness (QED) is 0.220. The van der Waals surface area contributed by atoms with Gasteiger partial charge in [0.1, 0.15) is 23.2 Å². The zero-order valence-corrected chi connectivity index (χ0v) is 22.2. The van der Waals surface area contributed by atoms with Crippen LogP contribution in [0.4, 0.5) is 10.1 Å². The number of ether oxygens (including phenoxy) is 1. The summed E-state index contributed by atoms with van der Waals surface area (Å²) < 4.78 is 21.6. The lowest BCUT2D eigenvalue weighted by atomic mass is 10.0. The molecule has 0 radical (unpaired) electrons. The summed E-state index contributed by atoms with van der Waals surface area (Å²) in [5.74, 6) is 0.318. The van der Waals surface area contributed by atoms with Gasteiger partial charge in [0.05, 0.1) is 15.2 Å². The van der Waals surface area contributed by atoms with Crippen LogP contribution >= 0.6 is 22.9 Å².